The molecule has 5 aromatic heterocycles. The predicted molar refractivity (Wildman–Crippen MR) is 223 cm³/mol. The van der Waals surface area contributed by atoms with Crippen molar-refractivity contribution in [1.29, 1.82) is 0 Å². The number of hydrogen-bond acceptors (Lipinski definition) is 2. The van der Waals surface area contributed by atoms with Gasteiger partial charge in [0.1, 0.15) is 12.0 Å². The second-order valence-electron chi connectivity index (χ2n) is 15.2. The van der Waals surface area contributed by atoms with E-state index in [-0.39, 0.29) is 5.41 Å². The molecule has 11 rings (SSSR count). The maximum atomic E-state index is 5.03. The Morgan fingerprint density at radius 1 is 0.444 bits per heavy atom. The highest BCUT2D eigenvalue weighted by Crippen LogP contribution is 2.41. The van der Waals surface area contributed by atoms with E-state index >= 15 is 0 Å². The van der Waals surface area contributed by atoms with Gasteiger partial charge in [-0.2, -0.15) is 0 Å². The third kappa shape index (κ3) is 4.40. The fourth-order valence-corrected chi connectivity index (χ4v) is 8.67. The Hall–Kier alpha value is -6.92. The van der Waals surface area contributed by atoms with Crippen LogP contribution in [0.5, 0.6) is 0 Å². The highest BCUT2D eigenvalue weighted by molar-refractivity contribution is 6.12. The van der Waals surface area contributed by atoms with Crippen LogP contribution in [0.1, 0.15) is 26.3 Å². The van der Waals surface area contributed by atoms with Crippen LogP contribution in [0.4, 0.5) is 0 Å². The van der Waals surface area contributed by atoms with Gasteiger partial charge in [0, 0.05) is 55.6 Å². The molecule has 6 aromatic carbocycles. The molecule has 0 saturated carbocycles. The molecule has 0 radical (unpaired) electrons. The molecule has 0 N–H and O–H groups in total. The van der Waals surface area contributed by atoms with E-state index in [1.807, 2.05) is 18.6 Å². The highest BCUT2D eigenvalue weighted by Gasteiger charge is 2.25. The van der Waals surface area contributed by atoms with Crippen LogP contribution < -0.4 is 0 Å². The smallest absolute Gasteiger partial charge is 0.156 e. The predicted octanol–water partition coefficient (Wildman–Crippen LogP) is 11.9. The molecule has 0 aliphatic rings. The minimum atomic E-state index is -0.129. The lowest BCUT2D eigenvalue weighted by atomic mass is 9.83. The molecule has 0 saturated heterocycles. The van der Waals surface area contributed by atoms with Crippen molar-refractivity contribution >= 4 is 65.5 Å². The number of pyridine rings is 1. The molecular formula is C48H36N6. The molecule has 5 heterocycles. The van der Waals surface area contributed by atoms with E-state index in [0.29, 0.717) is 0 Å². The minimum Gasteiger partial charge on any atom is -0.309 e. The van der Waals surface area contributed by atoms with E-state index < -0.39 is 0 Å². The SMILES string of the molecule is CC(C)(C)c1cc(-n2cnc(-n3c4ccccc4c4ccccc43)c2)cc2c1c1ccccc1n2-c1cccc(-n2c3ccccc3c3cccnc32)c1. The van der Waals surface area contributed by atoms with Crippen LogP contribution in [-0.4, -0.2) is 28.2 Å². The van der Waals surface area contributed by atoms with E-state index in [0.717, 1.165) is 56.0 Å². The highest BCUT2D eigenvalue weighted by atomic mass is 15.2. The van der Waals surface area contributed by atoms with Gasteiger partial charge in [-0.05, 0) is 77.7 Å². The summed E-state index contributed by atoms with van der Waals surface area (Å²) in [6.07, 6.45) is 6.00. The van der Waals surface area contributed by atoms with Gasteiger partial charge in [-0.3, -0.25) is 9.13 Å². The van der Waals surface area contributed by atoms with Crippen LogP contribution in [-0.2, 0) is 5.41 Å². The van der Waals surface area contributed by atoms with Crippen LogP contribution in [0.25, 0.3) is 88.4 Å². The normalized spacial score (nSPS) is 12.4. The molecule has 0 aliphatic carbocycles. The Bertz CT molecular complexity index is 3160. The first kappa shape index (κ1) is 30.7. The monoisotopic (exact) mass is 696 g/mol. The lowest BCUT2D eigenvalue weighted by Crippen LogP contribution is -2.12. The maximum absolute atomic E-state index is 5.03. The number of fused-ring (bicyclic) bond motifs is 9. The summed E-state index contributed by atoms with van der Waals surface area (Å²) in [5.41, 5.74) is 11.1. The molecule has 0 amide bonds. The largest absolute Gasteiger partial charge is 0.309 e. The quantitative estimate of drug-likeness (QED) is 0.184. The number of hydrogen-bond donors (Lipinski definition) is 0. The van der Waals surface area contributed by atoms with Gasteiger partial charge < -0.3 is 9.13 Å². The zero-order chi connectivity index (χ0) is 36.1. The first-order chi connectivity index (χ1) is 26.4. The molecular weight excluding hydrogens is 661 g/mol. The van der Waals surface area contributed by atoms with Gasteiger partial charge in [-0.1, -0.05) is 99.6 Å². The van der Waals surface area contributed by atoms with E-state index in [1.54, 1.807) is 0 Å². The average Bonchev–Trinajstić information content (AvgIpc) is 3.97. The Balaban J connectivity index is 1.15. The summed E-state index contributed by atoms with van der Waals surface area (Å²) in [6.45, 7) is 6.93. The molecule has 6 nitrogen and oxygen atoms in total. The van der Waals surface area contributed by atoms with Gasteiger partial charge in [0.2, 0.25) is 0 Å². The van der Waals surface area contributed by atoms with Crippen molar-refractivity contribution in [3.8, 4) is 22.9 Å². The van der Waals surface area contributed by atoms with Crippen LogP contribution >= 0.6 is 0 Å². The zero-order valence-electron chi connectivity index (χ0n) is 30.3. The molecule has 0 fully saturated rings. The average molecular weight is 697 g/mol. The van der Waals surface area contributed by atoms with E-state index in [2.05, 4.69) is 185 Å². The summed E-state index contributed by atoms with van der Waals surface area (Å²) >= 11 is 0. The van der Waals surface area contributed by atoms with Crippen molar-refractivity contribution in [2.24, 2.45) is 0 Å². The fraction of sp³-hybridized carbons (Fsp3) is 0.0833. The van der Waals surface area contributed by atoms with Crippen molar-refractivity contribution in [2.45, 2.75) is 26.2 Å². The molecule has 0 unspecified atom stereocenters. The van der Waals surface area contributed by atoms with E-state index in [9.17, 15) is 0 Å². The third-order valence-corrected chi connectivity index (χ3v) is 11.0. The Morgan fingerprint density at radius 2 is 1.00 bits per heavy atom. The molecule has 0 spiro atoms. The summed E-state index contributed by atoms with van der Waals surface area (Å²) in [6, 6.07) is 52.3. The Labute approximate surface area is 311 Å². The maximum Gasteiger partial charge on any atom is 0.156 e. The molecule has 258 valence electrons. The van der Waals surface area contributed by atoms with Crippen molar-refractivity contribution in [1.82, 2.24) is 28.2 Å². The summed E-state index contributed by atoms with van der Waals surface area (Å²) in [4.78, 5) is 9.90. The topological polar surface area (TPSA) is 45.5 Å². The summed E-state index contributed by atoms with van der Waals surface area (Å²) in [5.74, 6) is 0.887. The third-order valence-electron chi connectivity index (χ3n) is 11.0. The van der Waals surface area contributed by atoms with Gasteiger partial charge >= 0.3 is 0 Å². The van der Waals surface area contributed by atoms with Crippen LogP contribution in [0.15, 0.2) is 164 Å². The van der Waals surface area contributed by atoms with Crippen LogP contribution in [0.2, 0.25) is 0 Å². The first-order valence-corrected chi connectivity index (χ1v) is 18.5. The Morgan fingerprint density at radius 3 is 1.67 bits per heavy atom. The van der Waals surface area contributed by atoms with E-state index in [1.165, 1.54) is 38.0 Å². The molecule has 11 aromatic rings. The summed E-state index contributed by atoms with van der Waals surface area (Å²) in [5, 5.41) is 7.31. The second kappa shape index (κ2) is 11.3. The first-order valence-electron chi connectivity index (χ1n) is 18.5. The molecule has 54 heavy (non-hydrogen) atoms. The van der Waals surface area contributed by atoms with Crippen LogP contribution in [0.3, 0.4) is 0 Å². The minimum absolute atomic E-state index is 0.129. The standard InChI is InChI=1S/C48H36N6/c1-48(2,3)39-27-33(51-29-45(50-30-51)54-41-22-9-4-16-34(41)35-17-5-10-23-42(35)54)28-44-46(39)38-19-7-11-24-43(38)52(44)31-14-12-15-32(26-31)53-40-21-8-6-18-36(40)37-20-13-25-49-47(37)53/h4-30H,1-3H3. The number of imidazole rings is 1. The van der Waals surface area contributed by atoms with Gasteiger partial charge in [0.25, 0.3) is 0 Å². The van der Waals surface area contributed by atoms with Crippen molar-refractivity contribution in [2.75, 3.05) is 0 Å². The Kier molecular flexibility index (Phi) is 6.41. The van der Waals surface area contributed by atoms with Crippen LogP contribution in [0, 0.1) is 0 Å². The second-order valence-corrected chi connectivity index (χ2v) is 15.2. The molecule has 0 atom stereocenters. The van der Waals surface area contributed by atoms with Crippen molar-refractivity contribution < 1.29 is 0 Å². The van der Waals surface area contributed by atoms with Gasteiger partial charge in [-0.25, -0.2) is 9.97 Å². The number of aromatic nitrogens is 6. The number of nitrogens with zero attached hydrogens (tertiary/aromatic N) is 6. The van der Waals surface area contributed by atoms with Gasteiger partial charge in [0.05, 0.1) is 33.8 Å². The van der Waals surface area contributed by atoms with E-state index in [4.69, 9.17) is 9.97 Å². The zero-order valence-corrected chi connectivity index (χ0v) is 30.3. The number of benzene rings is 6. The fourth-order valence-electron chi connectivity index (χ4n) is 8.67. The number of rotatable bonds is 4. The molecule has 6 heteroatoms. The number of para-hydroxylation sites is 4. The van der Waals surface area contributed by atoms with Crippen molar-refractivity contribution in [3.05, 3.63) is 170 Å². The van der Waals surface area contributed by atoms with Crippen molar-refractivity contribution in [3.63, 3.8) is 0 Å². The van der Waals surface area contributed by atoms with Gasteiger partial charge in [0.15, 0.2) is 5.82 Å². The molecule has 0 aliphatic heterocycles. The lowest BCUT2D eigenvalue weighted by molar-refractivity contribution is 0.596. The summed E-state index contributed by atoms with van der Waals surface area (Å²) in [7, 11) is 0. The lowest BCUT2D eigenvalue weighted by Gasteiger charge is -2.22. The van der Waals surface area contributed by atoms with Gasteiger partial charge in [-0.15, -0.1) is 0 Å². The molecule has 0 bridgehead atoms. The summed E-state index contributed by atoms with van der Waals surface area (Å²) < 4.78 is 9.17.